The Labute approximate surface area is 257 Å². The Morgan fingerprint density at radius 3 is 2.29 bits per heavy atom. The van der Waals surface area contributed by atoms with Crippen LogP contribution in [0.2, 0.25) is 0 Å². The first-order valence-corrected chi connectivity index (χ1v) is 13.4. The summed E-state index contributed by atoms with van der Waals surface area (Å²) in [5.74, 6) is 2.28. The Bertz CT molecular complexity index is 2190. The molecule has 0 fully saturated rings. The van der Waals surface area contributed by atoms with E-state index in [1.807, 2.05) is 80.1 Å². The summed E-state index contributed by atoms with van der Waals surface area (Å²) in [6.07, 6.45) is 10.6. The fourth-order valence-corrected chi connectivity index (χ4v) is 5.40. The zero-order valence-electron chi connectivity index (χ0n) is 22.7. The molecule has 4 heterocycles. The Morgan fingerprint density at radius 1 is 0.786 bits per heavy atom. The van der Waals surface area contributed by atoms with E-state index in [1.165, 1.54) is 5.39 Å². The van der Waals surface area contributed by atoms with Crippen LogP contribution < -0.4 is 4.57 Å². The summed E-state index contributed by atoms with van der Waals surface area (Å²) >= 11 is 0. The molecule has 0 saturated carbocycles. The monoisotopic (exact) mass is 632 g/mol. The number of fused-ring (bicyclic) bond motifs is 6. The number of para-hydroxylation sites is 2. The first kappa shape index (κ1) is 27.2. The molecule has 0 radical (unpaired) electrons. The molecule has 0 bridgehead atoms. The fraction of sp³-hybridized carbons (Fsp3) is 0.0270. The second-order valence-electron chi connectivity index (χ2n) is 9.79. The number of aryl methyl sites for hydroxylation is 1. The van der Waals surface area contributed by atoms with E-state index in [9.17, 15) is 0 Å². The number of furan rings is 1. The van der Waals surface area contributed by atoms with Crippen LogP contribution in [0.25, 0.3) is 60.8 Å². The number of benzene rings is 4. The molecule has 0 spiro atoms. The number of hydrogen-bond acceptors (Lipinski definition) is 2. The van der Waals surface area contributed by atoms with Crippen molar-refractivity contribution in [1.29, 1.82) is 0 Å². The maximum Gasteiger partial charge on any atom is 2.00 e. The van der Waals surface area contributed by atoms with Crippen LogP contribution in [0.5, 0.6) is 0 Å². The molecule has 4 aromatic heterocycles. The normalized spacial score (nSPS) is 10.8. The molecule has 0 unspecified atom stereocenters. The van der Waals surface area contributed by atoms with Crippen molar-refractivity contribution >= 4 is 43.9 Å². The second-order valence-corrected chi connectivity index (χ2v) is 9.79. The van der Waals surface area contributed by atoms with Crippen molar-refractivity contribution in [3.63, 3.8) is 0 Å². The van der Waals surface area contributed by atoms with Crippen molar-refractivity contribution in [2.75, 3.05) is 0 Å². The number of hydrogen-bond donors (Lipinski definition) is 0. The Kier molecular flexibility index (Phi) is 7.43. The van der Waals surface area contributed by atoms with E-state index in [1.54, 1.807) is 0 Å². The minimum absolute atomic E-state index is 0. The number of nitrogens with zero attached hydrogens (tertiary/aromatic N) is 3. The van der Waals surface area contributed by atoms with Crippen molar-refractivity contribution in [3.05, 3.63) is 146 Å². The smallest absolute Gasteiger partial charge is 0.500 e. The van der Waals surface area contributed by atoms with Gasteiger partial charge in [0.2, 0.25) is 0 Å². The molecule has 8 aromatic rings. The Morgan fingerprint density at radius 2 is 1.50 bits per heavy atom. The maximum absolute atomic E-state index is 6.69. The molecular weight excluding hydrogens is 609 g/mol. The molecular formula is C37H24N3OPd+. The van der Waals surface area contributed by atoms with Crippen molar-refractivity contribution < 1.29 is 29.4 Å². The van der Waals surface area contributed by atoms with E-state index >= 15 is 0 Å². The minimum atomic E-state index is 0. The van der Waals surface area contributed by atoms with Crippen molar-refractivity contribution in [1.82, 2.24) is 9.55 Å². The second kappa shape index (κ2) is 11.5. The van der Waals surface area contributed by atoms with Crippen LogP contribution >= 0.6 is 0 Å². The van der Waals surface area contributed by atoms with Gasteiger partial charge in [0.15, 0.2) is 6.20 Å². The predicted octanol–water partition coefficient (Wildman–Crippen LogP) is 7.99. The van der Waals surface area contributed by atoms with E-state index in [0.29, 0.717) is 0 Å². The summed E-state index contributed by atoms with van der Waals surface area (Å²) in [6, 6.07) is 42.2. The molecule has 0 aliphatic rings. The van der Waals surface area contributed by atoms with Crippen molar-refractivity contribution in [2.24, 2.45) is 7.05 Å². The summed E-state index contributed by atoms with van der Waals surface area (Å²) in [7, 11) is 2.05. The van der Waals surface area contributed by atoms with Crippen LogP contribution in [-0.4, -0.2) is 9.55 Å². The topological polar surface area (TPSA) is 34.8 Å². The Balaban J connectivity index is 0.000000307. The molecule has 0 N–H and O–H groups in total. The van der Waals surface area contributed by atoms with Crippen LogP contribution in [0.15, 0.2) is 132 Å². The van der Waals surface area contributed by atoms with Gasteiger partial charge < -0.3 is 15.4 Å². The molecule has 4 nitrogen and oxygen atoms in total. The van der Waals surface area contributed by atoms with E-state index in [-0.39, 0.29) is 20.4 Å². The van der Waals surface area contributed by atoms with E-state index < -0.39 is 0 Å². The van der Waals surface area contributed by atoms with E-state index in [4.69, 9.17) is 15.8 Å². The first-order chi connectivity index (χ1) is 20.2. The molecule has 0 saturated heterocycles. The largest absolute Gasteiger partial charge is 2.00 e. The zero-order valence-corrected chi connectivity index (χ0v) is 24.2. The van der Waals surface area contributed by atoms with Crippen molar-refractivity contribution in [2.45, 2.75) is 0 Å². The third-order valence-corrected chi connectivity index (χ3v) is 7.30. The van der Waals surface area contributed by atoms with Gasteiger partial charge in [-0.1, -0.05) is 66.0 Å². The summed E-state index contributed by atoms with van der Waals surface area (Å²) in [6.45, 7) is 0. The molecule has 0 aliphatic carbocycles. The summed E-state index contributed by atoms with van der Waals surface area (Å²) in [5, 5.41) is 4.47. The molecule has 5 heteroatoms. The van der Waals surface area contributed by atoms with Gasteiger partial charge in [-0.25, -0.2) is 9.55 Å². The van der Waals surface area contributed by atoms with Gasteiger partial charge in [-0.05, 0) is 41.6 Å². The summed E-state index contributed by atoms with van der Waals surface area (Å²) < 4.78 is 10.7. The molecule has 0 aliphatic heterocycles. The number of aromatic nitrogens is 3. The van der Waals surface area contributed by atoms with E-state index in [2.05, 4.69) is 75.7 Å². The van der Waals surface area contributed by atoms with Gasteiger partial charge in [0.25, 0.3) is 0 Å². The third-order valence-electron chi connectivity index (χ3n) is 7.30. The summed E-state index contributed by atoms with van der Waals surface area (Å²) in [4.78, 5) is 4.76. The van der Waals surface area contributed by atoms with Gasteiger partial charge in [0.05, 0.1) is 11.1 Å². The number of rotatable bonds is 2. The molecule has 202 valence electrons. The SMILES string of the molecule is C[n+]1ccccc1-c1[c-]c(-n2c3ccccc3c3cccnc32)cc2c1oc1ccccc12.[C-]#Cc1ccccc1.[Pd+2]. The quantitative estimate of drug-likeness (QED) is 0.0838. The average molecular weight is 633 g/mol. The summed E-state index contributed by atoms with van der Waals surface area (Å²) in [5.41, 5.74) is 7.49. The van der Waals surface area contributed by atoms with Crippen LogP contribution in [-0.2, 0) is 27.5 Å². The molecule has 0 amide bonds. The molecule has 0 atom stereocenters. The standard InChI is InChI=1S/C29H19N3O.C8H5.Pd/c1-31-16-7-6-12-25(31)24-18-19(17-23-21-10-3-5-14-27(21)33-28(23)24)32-26-13-4-2-9-20(26)22-11-8-15-30-29(22)32;1-2-8-6-4-3-5-7-8;/h2-17H,1H3;3-7H;/q;-1;+2. The predicted molar refractivity (Wildman–Crippen MR) is 164 cm³/mol. The van der Waals surface area contributed by atoms with Gasteiger partial charge >= 0.3 is 20.4 Å². The Hall–Kier alpha value is -5.00. The van der Waals surface area contributed by atoms with Gasteiger partial charge in [-0.2, -0.15) is 0 Å². The fourth-order valence-electron chi connectivity index (χ4n) is 5.40. The van der Waals surface area contributed by atoms with Gasteiger partial charge in [0, 0.05) is 28.4 Å². The van der Waals surface area contributed by atoms with Crippen LogP contribution in [0.3, 0.4) is 0 Å². The van der Waals surface area contributed by atoms with Crippen LogP contribution in [0, 0.1) is 18.4 Å². The zero-order chi connectivity index (χ0) is 27.8. The molecule has 8 rings (SSSR count). The number of pyridine rings is 2. The van der Waals surface area contributed by atoms with Crippen molar-refractivity contribution in [3.8, 4) is 22.9 Å². The van der Waals surface area contributed by atoms with Gasteiger partial charge in [-0.3, -0.25) is 5.92 Å². The minimum Gasteiger partial charge on any atom is -0.500 e. The first-order valence-electron chi connectivity index (χ1n) is 13.4. The third kappa shape index (κ3) is 4.68. The van der Waals surface area contributed by atoms with Gasteiger partial charge in [0.1, 0.15) is 24.0 Å². The van der Waals surface area contributed by atoms with E-state index in [0.717, 1.165) is 61.0 Å². The van der Waals surface area contributed by atoms with Crippen LogP contribution in [0.1, 0.15) is 5.56 Å². The molecule has 4 aromatic carbocycles. The van der Waals surface area contributed by atoms with Gasteiger partial charge in [-0.15, -0.1) is 29.8 Å². The maximum atomic E-state index is 6.69. The average Bonchev–Trinajstić information content (AvgIpc) is 3.58. The van der Waals surface area contributed by atoms with Crippen LogP contribution in [0.4, 0.5) is 0 Å². The molecule has 42 heavy (non-hydrogen) atoms.